The van der Waals surface area contributed by atoms with Crippen LogP contribution in [-0.4, -0.2) is 90.0 Å². The molecule has 0 aromatic heterocycles. The number of nitrogens with zero attached hydrogens (tertiary/aromatic N) is 2. The summed E-state index contributed by atoms with van der Waals surface area (Å²) in [4.78, 5) is 4.00. The van der Waals surface area contributed by atoms with E-state index in [1.54, 1.807) is 0 Å². The highest BCUT2D eigenvalue weighted by atomic mass is 35.7. The Kier molecular flexibility index (Phi) is 21.2. The molecule has 0 aliphatic rings. The third-order valence-electron chi connectivity index (χ3n) is 1.32. The third-order valence-corrected chi connectivity index (χ3v) is 1.50. The van der Waals surface area contributed by atoms with Gasteiger partial charge in [0.15, 0.2) is 0 Å². The molecule has 6 nitrogen and oxygen atoms in total. The van der Waals surface area contributed by atoms with Crippen LogP contribution >= 0.6 is 23.3 Å². The minimum Gasteiger partial charge on any atom is -0.395 e. The number of ether oxygens (including phenoxy) is 1. The Morgan fingerprint density at radius 3 is 1.68 bits per heavy atom. The monoisotopic (exact) mass is 338 g/mol. The topological polar surface area (TPSA) is 70.1 Å². The van der Waals surface area contributed by atoms with Gasteiger partial charge in [-0.2, -0.15) is 12.6 Å². The standard InChI is InChI=1S/C5H13NOS.C4H11NO.CH3ClO2S/c1-6(2)3-4-7-5-8;1-5(2)3-4-6;1-5(2,3)4/h8H,3-5H2,1-2H3;6H,3-4H2,1-2H3;1H3. The maximum atomic E-state index is 9.40. The van der Waals surface area contributed by atoms with E-state index in [0.717, 1.165) is 26.0 Å². The van der Waals surface area contributed by atoms with E-state index in [-0.39, 0.29) is 6.61 Å². The lowest BCUT2D eigenvalue weighted by molar-refractivity contribution is 0.160. The van der Waals surface area contributed by atoms with Gasteiger partial charge in [0, 0.05) is 23.8 Å². The van der Waals surface area contributed by atoms with Crippen molar-refractivity contribution in [2.45, 2.75) is 0 Å². The van der Waals surface area contributed by atoms with E-state index in [1.165, 1.54) is 0 Å². The van der Waals surface area contributed by atoms with E-state index >= 15 is 0 Å². The van der Waals surface area contributed by atoms with Gasteiger partial charge in [0.1, 0.15) is 0 Å². The molecule has 0 amide bonds. The first-order valence-corrected chi connectivity index (χ1v) is 8.88. The predicted molar refractivity (Wildman–Crippen MR) is 84.7 cm³/mol. The summed E-state index contributed by atoms with van der Waals surface area (Å²) in [6.45, 7) is 2.77. The smallest absolute Gasteiger partial charge is 0.229 e. The molecule has 0 saturated carbocycles. The molecule has 0 spiro atoms. The first-order valence-electron chi connectivity index (χ1n) is 5.53. The van der Waals surface area contributed by atoms with Crippen LogP contribution in [0.3, 0.4) is 0 Å². The van der Waals surface area contributed by atoms with Gasteiger partial charge in [-0.25, -0.2) is 8.42 Å². The molecule has 0 radical (unpaired) electrons. The fourth-order valence-electron chi connectivity index (χ4n) is 0.512. The summed E-state index contributed by atoms with van der Waals surface area (Å²) in [5.74, 6) is 0.522. The van der Waals surface area contributed by atoms with E-state index in [4.69, 9.17) is 9.84 Å². The number of rotatable bonds is 6. The summed E-state index contributed by atoms with van der Waals surface area (Å²) in [6.07, 6.45) is 0.925. The van der Waals surface area contributed by atoms with Crippen molar-refractivity contribution < 1.29 is 18.3 Å². The minimum atomic E-state index is -3.19. The number of thiol groups is 1. The highest BCUT2D eigenvalue weighted by molar-refractivity contribution is 8.13. The average molecular weight is 339 g/mol. The van der Waals surface area contributed by atoms with Gasteiger partial charge in [-0.05, 0) is 28.2 Å². The highest BCUT2D eigenvalue weighted by Gasteiger charge is 1.86. The Hall–Kier alpha value is 0.430. The van der Waals surface area contributed by atoms with Crippen LogP contribution in [0.15, 0.2) is 0 Å². The molecular weight excluding hydrogens is 312 g/mol. The Morgan fingerprint density at radius 2 is 1.53 bits per heavy atom. The van der Waals surface area contributed by atoms with Crippen molar-refractivity contribution in [2.75, 3.05) is 66.7 Å². The molecule has 0 unspecified atom stereocenters. The van der Waals surface area contributed by atoms with Gasteiger partial charge in [-0.1, -0.05) is 0 Å². The van der Waals surface area contributed by atoms with Crippen molar-refractivity contribution in [3.8, 4) is 0 Å². The lowest BCUT2D eigenvalue weighted by atomic mass is 10.6. The molecule has 9 heteroatoms. The Balaban J connectivity index is -0.000000209. The quantitative estimate of drug-likeness (QED) is 0.311. The second kappa shape index (κ2) is 16.5. The second-order valence-electron chi connectivity index (χ2n) is 4.05. The third kappa shape index (κ3) is 70.0. The van der Waals surface area contributed by atoms with Crippen LogP contribution in [-0.2, 0) is 13.8 Å². The summed E-state index contributed by atoms with van der Waals surface area (Å²) in [5, 5.41) is 8.20. The molecule has 0 aromatic rings. The number of halogens is 1. The zero-order valence-electron chi connectivity index (χ0n) is 12.3. The van der Waals surface area contributed by atoms with E-state index in [2.05, 4.69) is 28.2 Å². The summed E-state index contributed by atoms with van der Waals surface area (Å²) in [7, 11) is 9.19. The van der Waals surface area contributed by atoms with Gasteiger partial charge < -0.3 is 19.6 Å². The number of hydrogen-bond acceptors (Lipinski definition) is 7. The van der Waals surface area contributed by atoms with Crippen LogP contribution < -0.4 is 0 Å². The molecule has 0 heterocycles. The fraction of sp³-hybridized carbons (Fsp3) is 1.00. The van der Waals surface area contributed by atoms with Crippen molar-refractivity contribution in [1.29, 1.82) is 0 Å². The maximum absolute atomic E-state index is 9.40. The van der Waals surface area contributed by atoms with Gasteiger partial charge in [0.25, 0.3) is 0 Å². The molecule has 0 bridgehead atoms. The van der Waals surface area contributed by atoms with Crippen LogP contribution in [0.1, 0.15) is 0 Å². The number of aliphatic hydroxyl groups is 1. The van der Waals surface area contributed by atoms with Crippen molar-refractivity contribution in [3.63, 3.8) is 0 Å². The van der Waals surface area contributed by atoms with Gasteiger partial charge in [0.2, 0.25) is 9.05 Å². The van der Waals surface area contributed by atoms with Crippen molar-refractivity contribution in [2.24, 2.45) is 0 Å². The molecular formula is C10H27ClN2O4S2. The van der Waals surface area contributed by atoms with E-state index in [0.29, 0.717) is 5.94 Å². The average Bonchev–Trinajstić information content (AvgIpc) is 2.15. The minimum absolute atomic E-state index is 0.257. The van der Waals surface area contributed by atoms with Crippen LogP contribution in [0, 0.1) is 0 Å². The highest BCUT2D eigenvalue weighted by Crippen LogP contribution is 1.83. The van der Waals surface area contributed by atoms with Gasteiger partial charge in [-0.15, -0.1) is 0 Å². The number of hydrogen-bond donors (Lipinski definition) is 2. The van der Waals surface area contributed by atoms with Crippen LogP contribution in [0.5, 0.6) is 0 Å². The molecule has 0 aliphatic heterocycles. The largest absolute Gasteiger partial charge is 0.395 e. The van der Waals surface area contributed by atoms with Crippen molar-refractivity contribution in [1.82, 2.24) is 9.80 Å². The molecule has 0 rings (SSSR count). The second-order valence-corrected chi connectivity index (χ2v) is 7.35. The van der Waals surface area contributed by atoms with E-state index in [9.17, 15) is 8.42 Å². The Morgan fingerprint density at radius 1 is 1.16 bits per heavy atom. The van der Waals surface area contributed by atoms with E-state index < -0.39 is 9.05 Å². The van der Waals surface area contributed by atoms with Crippen LogP contribution in [0.25, 0.3) is 0 Å². The molecule has 0 fully saturated rings. The first kappa shape index (κ1) is 24.4. The molecule has 1 N–H and O–H groups in total. The molecule has 0 saturated heterocycles. The Bertz CT molecular complexity index is 254. The summed E-state index contributed by atoms with van der Waals surface area (Å²) < 4.78 is 23.8. The lowest BCUT2D eigenvalue weighted by Gasteiger charge is -2.07. The van der Waals surface area contributed by atoms with Crippen LogP contribution in [0.4, 0.5) is 0 Å². The molecule has 0 aliphatic carbocycles. The summed E-state index contributed by atoms with van der Waals surface area (Å²) >= 11 is 3.88. The zero-order chi connectivity index (χ0) is 15.9. The van der Waals surface area contributed by atoms with Crippen molar-refractivity contribution >= 4 is 32.4 Å². The maximum Gasteiger partial charge on any atom is 0.229 e. The van der Waals surface area contributed by atoms with Crippen LogP contribution in [0.2, 0.25) is 0 Å². The van der Waals surface area contributed by atoms with Gasteiger partial charge in [0.05, 0.1) is 25.4 Å². The molecule has 19 heavy (non-hydrogen) atoms. The fourth-order valence-corrected chi connectivity index (χ4v) is 0.641. The number of aliphatic hydroxyl groups excluding tert-OH is 1. The summed E-state index contributed by atoms with van der Waals surface area (Å²) in [6, 6.07) is 0. The van der Waals surface area contributed by atoms with E-state index in [1.807, 2.05) is 33.1 Å². The summed E-state index contributed by atoms with van der Waals surface area (Å²) in [5.41, 5.74) is 0. The molecule has 120 valence electrons. The number of likely N-dealkylation sites (N-methyl/N-ethyl adjacent to an activating group) is 2. The van der Waals surface area contributed by atoms with Crippen molar-refractivity contribution in [3.05, 3.63) is 0 Å². The SMILES string of the molecule is CN(C)CCO.CN(C)CCOCS.CS(=O)(=O)Cl. The zero-order valence-corrected chi connectivity index (χ0v) is 14.8. The van der Waals surface area contributed by atoms with Gasteiger partial charge >= 0.3 is 0 Å². The first-order chi connectivity index (χ1) is 8.54. The normalized spacial score (nSPS) is 10.6. The molecule has 0 aromatic carbocycles. The van der Waals surface area contributed by atoms with Gasteiger partial charge in [-0.3, -0.25) is 0 Å². The lowest BCUT2D eigenvalue weighted by Crippen LogP contribution is -2.17. The predicted octanol–water partition coefficient (Wildman–Crippen LogP) is 0.177. The molecule has 0 atom stereocenters. The Labute approximate surface area is 127 Å².